The van der Waals surface area contributed by atoms with E-state index in [0.29, 0.717) is 13.0 Å². The smallest absolute Gasteiger partial charge is 0.228 e. The first kappa shape index (κ1) is 11.5. The first-order valence-corrected chi connectivity index (χ1v) is 5.66. The Balaban J connectivity index is 2.35. The highest BCUT2D eigenvalue weighted by Gasteiger charge is 2.30. The number of carbonyl (C=O) groups excluding carboxylic acids is 1. The van der Waals surface area contributed by atoms with Crippen molar-refractivity contribution >= 4 is 17.3 Å². The highest BCUT2D eigenvalue weighted by molar-refractivity contribution is 5.99. The van der Waals surface area contributed by atoms with Crippen molar-refractivity contribution in [1.82, 2.24) is 0 Å². The maximum atomic E-state index is 11.9. The normalized spacial score (nSPS) is 19.2. The summed E-state index contributed by atoms with van der Waals surface area (Å²) < 4.78 is 0. The number of carbonyl (C=O) groups is 1. The second-order valence-electron chi connectivity index (χ2n) is 4.46. The molecule has 1 aromatic rings. The predicted octanol–water partition coefficient (Wildman–Crippen LogP) is 1.74. The van der Waals surface area contributed by atoms with Crippen molar-refractivity contribution < 1.29 is 4.79 Å². The summed E-state index contributed by atoms with van der Waals surface area (Å²) in [5, 5.41) is 0. The lowest BCUT2D eigenvalue weighted by Gasteiger charge is -2.23. The number of nitrogens with zero attached hydrogens (tertiary/aromatic N) is 2. The van der Waals surface area contributed by atoms with Gasteiger partial charge in [-0.05, 0) is 12.1 Å². The van der Waals surface area contributed by atoms with Gasteiger partial charge in [-0.1, -0.05) is 12.1 Å². The summed E-state index contributed by atoms with van der Waals surface area (Å²) >= 11 is 0. The van der Waals surface area contributed by atoms with Crippen LogP contribution in [0.5, 0.6) is 0 Å². The Bertz CT molecular complexity index is 473. The molecule has 3 heteroatoms. The molecule has 0 radical (unpaired) electrons. The van der Waals surface area contributed by atoms with Gasteiger partial charge in [-0.2, -0.15) is 0 Å². The first-order valence-electron chi connectivity index (χ1n) is 5.66. The highest BCUT2D eigenvalue weighted by Crippen LogP contribution is 2.32. The van der Waals surface area contributed by atoms with Gasteiger partial charge in [0.15, 0.2) is 0 Å². The van der Waals surface area contributed by atoms with E-state index in [1.807, 2.05) is 43.3 Å². The van der Waals surface area contributed by atoms with Crippen LogP contribution in [0.3, 0.4) is 0 Å². The Hall–Kier alpha value is -1.95. The number of terminal acetylenes is 1. The fraction of sp³-hybridized carbons (Fsp3) is 0.357. The van der Waals surface area contributed by atoms with E-state index < -0.39 is 0 Å². The van der Waals surface area contributed by atoms with E-state index in [1.165, 1.54) is 0 Å². The molecule has 1 atom stereocenters. The zero-order valence-corrected chi connectivity index (χ0v) is 10.2. The molecule has 1 unspecified atom stereocenters. The summed E-state index contributed by atoms with van der Waals surface area (Å²) in [6.45, 7) is 0.625. The molecule has 1 amide bonds. The average Bonchev–Trinajstić information content (AvgIpc) is 2.70. The van der Waals surface area contributed by atoms with Gasteiger partial charge in [0.25, 0.3) is 0 Å². The van der Waals surface area contributed by atoms with E-state index >= 15 is 0 Å². The monoisotopic (exact) mass is 228 g/mol. The number of rotatable bonds is 2. The first-order chi connectivity index (χ1) is 8.13. The maximum absolute atomic E-state index is 11.9. The Morgan fingerprint density at radius 3 is 2.71 bits per heavy atom. The lowest BCUT2D eigenvalue weighted by atomic mass is 10.1. The number of amides is 1. The standard InChI is InChI=1S/C14H16N2O/c1-4-11-9-14(17)16(10-11)13-8-6-5-7-12(13)15(2)3/h1,5-8,11H,9-10H2,2-3H3. The minimum atomic E-state index is 0.0396. The molecule has 1 aromatic carbocycles. The minimum absolute atomic E-state index is 0.0396. The van der Waals surface area contributed by atoms with Crippen LogP contribution < -0.4 is 9.80 Å². The molecule has 1 heterocycles. The SMILES string of the molecule is C#CC1CC(=O)N(c2ccccc2N(C)C)C1. The van der Waals surface area contributed by atoms with Crippen LogP contribution in [-0.4, -0.2) is 26.5 Å². The number of hydrogen-bond donors (Lipinski definition) is 0. The van der Waals surface area contributed by atoms with E-state index in [1.54, 1.807) is 4.90 Å². The van der Waals surface area contributed by atoms with E-state index in [-0.39, 0.29) is 11.8 Å². The Morgan fingerprint density at radius 1 is 1.41 bits per heavy atom. The summed E-state index contributed by atoms with van der Waals surface area (Å²) in [7, 11) is 3.94. The fourth-order valence-corrected chi connectivity index (χ4v) is 2.12. The molecule has 0 aliphatic carbocycles. The summed E-state index contributed by atoms with van der Waals surface area (Å²) in [6.07, 6.45) is 5.85. The molecule has 0 spiro atoms. The van der Waals surface area contributed by atoms with Gasteiger partial charge in [-0.15, -0.1) is 12.3 Å². The van der Waals surface area contributed by atoms with Crippen molar-refractivity contribution in [2.24, 2.45) is 5.92 Å². The van der Waals surface area contributed by atoms with Crippen LogP contribution in [-0.2, 0) is 4.79 Å². The van der Waals surface area contributed by atoms with Gasteiger partial charge in [0.05, 0.1) is 11.4 Å². The summed E-state index contributed by atoms with van der Waals surface area (Å²) in [5.41, 5.74) is 1.98. The second kappa shape index (κ2) is 4.50. The van der Waals surface area contributed by atoms with Crippen LogP contribution in [0.1, 0.15) is 6.42 Å². The maximum Gasteiger partial charge on any atom is 0.228 e. The minimum Gasteiger partial charge on any atom is -0.376 e. The van der Waals surface area contributed by atoms with Crippen molar-refractivity contribution in [2.75, 3.05) is 30.4 Å². The molecule has 1 saturated heterocycles. The summed E-state index contributed by atoms with van der Waals surface area (Å²) in [6, 6.07) is 7.88. The largest absolute Gasteiger partial charge is 0.376 e. The number of anilines is 2. The molecule has 0 N–H and O–H groups in total. The van der Waals surface area contributed by atoms with Gasteiger partial charge >= 0.3 is 0 Å². The molecule has 0 aromatic heterocycles. The zero-order chi connectivity index (χ0) is 12.4. The third-order valence-electron chi connectivity index (χ3n) is 3.02. The average molecular weight is 228 g/mol. The van der Waals surface area contributed by atoms with Crippen LogP contribution in [0.2, 0.25) is 0 Å². The van der Waals surface area contributed by atoms with Gasteiger partial charge in [0.2, 0.25) is 5.91 Å². The number of hydrogen-bond acceptors (Lipinski definition) is 2. The van der Waals surface area contributed by atoms with E-state index in [4.69, 9.17) is 6.42 Å². The quantitative estimate of drug-likeness (QED) is 0.720. The van der Waals surface area contributed by atoms with Crippen molar-refractivity contribution in [3.63, 3.8) is 0 Å². The van der Waals surface area contributed by atoms with Gasteiger partial charge in [0.1, 0.15) is 0 Å². The molecule has 0 bridgehead atoms. The van der Waals surface area contributed by atoms with Crippen molar-refractivity contribution in [1.29, 1.82) is 0 Å². The van der Waals surface area contributed by atoms with Gasteiger partial charge in [-0.25, -0.2) is 0 Å². The molecule has 2 rings (SSSR count). The molecule has 0 saturated carbocycles. The summed E-state index contributed by atoms with van der Waals surface area (Å²) in [4.78, 5) is 15.7. The molecular weight excluding hydrogens is 212 g/mol. The zero-order valence-electron chi connectivity index (χ0n) is 10.2. The van der Waals surface area contributed by atoms with E-state index in [0.717, 1.165) is 11.4 Å². The fourth-order valence-electron chi connectivity index (χ4n) is 2.12. The third-order valence-corrected chi connectivity index (χ3v) is 3.02. The van der Waals surface area contributed by atoms with Crippen molar-refractivity contribution in [3.8, 4) is 12.3 Å². The third kappa shape index (κ3) is 2.12. The van der Waals surface area contributed by atoms with Crippen LogP contribution in [0.4, 0.5) is 11.4 Å². The predicted molar refractivity (Wildman–Crippen MR) is 70.1 cm³/mol. The second-order valence-corrected chi connectivity index (χ2v) is 4.46. The number of para-hydroxylation sites is 2. The lowest BCUT2D eigenvalue weighted by molar-refractivity contribution is -0.117. The van der Waals surface area contributed by atoms with Crippen LogP contribution in [0, 0.1) is 18.3 Å². The molecule has 1 aliphatic heterocycles. The molecule has 1 aliphatic rings. The van der Waals surface area contributed by atoms with Crippen LogP contribution in [0.15, 0.2) is 24.3 Å². The van der Waals surface area contributed by atoms with Crippen LogP contribution >= 0.6 is 0 Å². The van der Waals surface area contributed by atoms with Crippen molar-refractivity contribution in [3.05, 3.63) is 24.3 Å². The van der Waals surface area contributed by atoms with Gasteiger partial charge in [-0.3, -0.25) is 4.79 Å². The number of benzene rings is 1. The van der Waals surface area contributed by atoms with Gasteiger partial charge < -0.3 is 9.80 Å². The van der Waals surface area contributed by atoms with E-state index in [9.17, 15) is 4.79 Å². The Kier molecular flexibility index (Phi) is 3.06. The topological polar surface area (TPSA) is 23.6 Å². The molecular formula is C14H16N2O. The molecule has 88 valence electrons. The van der Waals surface area contributed by atoms with E-state index in [2.05, 4.69) is 5.92 Å². The Morgan fingerprint density at radius 2 is 2.12 bits per heavy atom. The molecule has 3 nitrogen and oxygen atoms in total. The summed E-state index contributed by atoms with van der Waals surface area (Å²) in [5.74, 6) is 2.82. The molecule has 1 fully saturated rings. The lowest BCUT2D eigenvalue weighted by Crippen LogP contribution is -2.26. The highest BCUT2D eigenvalue weighted by atomic mass is 16.2. The Labute approximate surface area is 102 Å². The van der Waals surface area contributed by atoms with Crippen molar-refractivity contribution in [2.45, 2.75) is 6.42 Å². The van der Waals surface area contributed by atoms with Crippen LogP contribution in [0.25, 0.3) is 0 Å². The molecule has 17 heavy (non-hydrogen) atoms. The van der Waals surface area contributed by atoms with Gasteiger partial charge in [0, 0.05) is 33.0 Å².